The number of ether oxygens (including phenoxy) is 1. The molecule has 0 heterocycles. The Kier molecular flexibility index (Phi) is 5.14. The van der Waals surface area contributed by atoms with Gasteiger partial charge in [-0.05, 0) is 37.6 Å². The van der Waals surface area contributed by atoms with E-state index in [2.05, 4.69) is 10.5 Å². The van der Waals surface area contributed by atoms with Gasteiger partial charge in [0, 0.05) is 11.1 Å². The van der Waals surface area contributed by atoms with Crippen molar-refractivity contribution in [3.8, 4) is 11.5 Å². The minimum absolute atomic E-state index is 0.00163. The van der Waals surface area contributed by atoms with Crippen molar-refractivity contribution < 1.29 is 14.6 Å². The second-order valence-electron chi connectivity index (χ2n) is 4.64. The van der Waals surface area contributed by atoms with Gasteiger partial charge in [-0.3, -0.25) is 4.79 Å². The quantitative estimate of drug-likeness (QED) is 0.658. The zero-order chi connectivity index (χ0) is 15.9. The van der Waals surface area contributed by atoms with Gasteiger partial charge in [0.1, 0.15) is 0 Å². The van der Waals surface area contributed by atoms with Crippen LogP contribution in [-0.2, 0) is 0 Å². The van der Waals surface area contributed by atoms with Crippen LogP contribution in [0.4, 0.5) is 0 Å². The Bertz CT molecular complexity index is 696. The number of aryl methyl sites for hydroxylation is 1. The first-order valence-electron chi connectivity index (χ1n) is 6.97. The maximum Gasteiger partial charge on any atom is 0.271 e. The molecule has 2 N–H and O–H groups in total. The summed E-state index contributed by atoms with van der Waals surface area (Å²) in [4.78, 5) is 12.0. The predicted molar refractivity (Wildman–Crippen MR) is 85.5 cm³/mol. The summed E-state index contributed by atoms with van der Waals surface area (Å²) in [7, 11) is 0. The largest absolute Gasteiger partial charge is 0.504 e. The Balaban J connectivity index is 2.09. The minimum Gasteiger partial charge on any atom is -0.504 e. The molecule has 0 radical (unpaired) electrons. The van der Waals surface area contributed by atoms with Crippen molar-refractivity contribution in [1.29, 1.82) is 0 Å². The summed E-state index contributed by atoms with van der Waals surface area (Å²) in [6, 6.07) is 12.3. The van der Waals surface area contributed by atoms with Crippen LogP contribution in [-0.4, -0.2) is 23.8 Å². The number of phenolic OH excluding ortho intramolecular Hbond substituents is 1. The lowest BCUT2D eigenvalue weighted by molar-refractivity contribution is 0.0954. The molecule has 0 spiro atoms. The summed E-state index contributed by atoms with van der Waals surface area (Å²) in [5.41, 5.74) is 4.35. The number of hydrazone groups is 1. The van der Waals surface area contributed by atoms with Gasteiger partial charge in [-0.2, -0.15) is 5.10 Å². The van der Waals surface area contributed by atoms with Crippen molar-refractivity contribution in [3.63, 3.8) is 0 Å². The predicted octanol–water partition coefficient (Wildman–Crippen LogP) is 2.86. The Morgan fingerprint density at radius 2 is 2.05 bits per heavy atom. The highest BCUT2D eigenvalue weighted by molar-refractivity contribution is 5.96. The number of aromatic hydroxyl groups is 1. The molecule has 114 valence electrons. The molecule has 0 aliphatic heterocycles. The van der Waals surface area contributed by atoms with E-state index in [9.17, 15) is 9.90 Å². The number of para-hydroxylation sites is 1. The lowest BCUT2D eigenvalue weighted by Crippen LogP contribution is -2.18. The number of carbonyl (C=O) groups is 1. The SMILES string of the molecule is CCOc1cccc(C=NNC(=O)c2ccccc2C)c1O. The van der Waals surface area contributed by atoms with Crippen LogP contribution in [0.1, 0.15) is 28.4 Å². The highest BCUT2D eigenvalue weighted by atomic mass is 16.5. The van der Waals surface area contributed by atoms with Crippen LogP contribution in [0.5, 0.6) is 11.5 Å². The van der Waals surface area contributed by atoms with Gasteiger partial charge in [0.15, 0.2) is 11.5 Å². The van der Waals surface area contributed by atoms with Crippen molar-refractivity contribution in [2.24, 2.45) is 5.10 Å². The molecule has 0 unspecified atom stereocenters. The molecule has 0 aliphatic rings. The average molecular weight is 298 g/mol. The Hall–Kier alpha value is -2.82. The second-order valence-corrected chi connectivity index (χ2v) is 4.64. The third-order valence-electron chi connectivity index (χ3n) is 3.09. The molecule has 0 aromatic heterocycles. The number of benzene rings is 2. The molecule has 0 aliphatic carbocycles. The highest BCUT2D eigenvalue weighted by Gasteiger charge is 2.08. The maximum atomic E-state index is 12.0. The van der Waals surface area contributed by atoms with Crippen LogP contribution in [0.25, 0.3) is 0 Å². The van der Waals surface area contributed by atoms with Crippen LogP contribution < -0.4 is 10.2 Å². The molecule has 2 aromatic rings. The first-order chi connectivity index (χ1) is 10.6. The van der Waals surface area contributed by atoms with Crippen molar-refractivity contribution in [1.82, 2.24) is 5.43 Å². The Morgan fingerprint density at radius 1 is 1.27 bits per heavy atom. The fourth-order valence-electron chi connectivity index (χ4n) is 1.96. The van der Waals surface area contributed by atoms with Crippen LogP contribution in [0.3, 0.4) is 0 Å². The van der Waals surface area contributed by atoms with E-state index in [1.807, 2.05) is 26.0 Å². The monoisotopic (exact) mass is 298 g/mol. The van der Waals surface area contributed by atoms with Gasteiger partial charge in [-0.25, -0.2) is 5.43 Å². The van der Waals surface area contributed by atoms with Crippen LogP contribution in [0, 0.1) is 6.92 Å². The number of nitrogens with zero attached hydrogens (tertiary/aromatic N) is 1. The second kappa shape index (κ2) is 7.26. The molecular weight excluding hydrogens is 280 g/mol. The van der Waals surface area contributed by atoms with Gasteiger partial charge in [0.25, 0.3) is 5.91 Å². The number of amides is 1. The highest BCUT2D eigenvalue weighted by Crippen LogP contribution is 2.28. The normalized spacial score (nSPS) is 10.6. The van der Waals surface area contributed by atoms with Crippen LogP contribution in [0.2, 0.25) is 0 Å². The van der Waals surface area contributed by atoms with Crippen molar-refractivity contribution in [2.45, 2.75) is 13.8 Å². The molecule has 5 nitrogen and oxygen atoms in total. The van der Waals surface area contributed by atoms with Crippen molar-refractivity contribution in [3.05, 3.63) is 59.2 Å². The molecule has 22 heavy (non-hydrogen) atoms. The average Bonchev–Trinajstić information content (AvgIpc) is 2.51. The van der Waals surface area contributed by atoms with Gasteiger partial charge in [-0.1, -0.05) is 24.3 Å². The van der Waals surface area contributed by atoms with Gasteiger partial charge in [0.05, 0.1) is 12.8 Å². The zero-order valence-corrected chi connectivity index (χ0v) is 12.5. The van der Waals surface area contributed by atoms with E-state index in [4.69, 9.17) is 4.74 Å². The molecule has 1 amide bonds. The lowest BCUT2D eigenvalue weighted by atomic mass is 10.1. The fourth-order valence-corrected chi connectivity index (χ4v) is 1.96. The molecular formula is C17H18N2O3. The number of hydrogen-bond donors (Lipinski definition) is 2. The third kappa shape index (κ3) is 3.63. The number of nitrogens with one attached hydrogen (secondary N) is 1. The van der Waals surface area contributed by atoms with E-state index >= 15 is 0 Å². The molecule has 5 heteroatoms. The van der Waals surface area contributed by atoms with Gasteiger partial charge in [-0.15, -0.1) is 0 Å². The van der Waals surface area contributed by atoms with E-state index in [1.54, 1.807) is 30.3 Å². The number of hydrogen-bond acceptors (Lipinski definition) is 4. The summed E-state index contributed by atoms with van der Waals surface area (Å²) < 4.78 is 5.29. The summed E-state index contributed by atoms with van der Waals surface area (Å²) in [5.74, 6) is 0.0877. The molecule has 0 saturated heterocycles. The number of phenols is 1. The topological polar surface area (TPSA) is 70.9 Å². The van der Waals surface area contributed by atoms with Crippen molar-refractivity contribution in [2.75, 3.05) is 6.61 Å². The van der Waals surface area contributed by atoms with Crippen LogP contribution >= 0.6 is 0 Å². The molecule has 0 bridgehead atoms. The summed E-state index contributed by atoms with van der Waals surface area (Å²) in [5, 5.41) is 13.9. The smallest absolute Gasteiger partial charge is 0.271 e. The number of rotatable bonds is 5. The first-order valence-corrected chi connectivity index (χ1v) is 6.97. The number of carbonyl (C=O) groups excluding carboxylic acids is 1. The Labute approximate surface area is 129 Å². The van der Waals surface area contributed by atoms with Gasteiger partial charge < -0.3 is 9.84 Å². The van der Waals surface area contributed by atoms with E-state index in [0.29, 0.717) is 23.5 Å². The standard InChI is InChI=1S/C17H18N2O3/c1-3-22-15-10-6-8-13(16(15)20)11-18-19-17(21)14-9-5-4-7-12(14)2/h4-11,20H,3H2,1-2H3,(H,19,21). The fraction of sp³-hybridized carbons (Fsp3) is 0.176. The van der Waals surface area contributed by atoms with E-state index in [-0.39, 0.29) is 11.7 Å². The lowest BCUT2D eigenvalue weighted by Gasteiger charge is -2.07. The van der Waals surface area contributed by atoms with Crippen molar-refractivity contribution >= 4 is 12.1 Å². The summed E-state index contributed by atoms with van der Waals surface area (Å²) in [6.45, 7) is 4.15. The van der Waals surface area contributed by atoms with Gasteiger partial charge in [0.2, 0.25) is 0 Å². The van der Waals surface area contributed by atoms with E-state index in [1.165, 1.54) is 6.21 Å². The Morgan fingerprint density at radius 3 is 2.77 bits per heavy atom. The summed E-state index contributed by atoms with van der Waals surface area (Å²) >= 11 is 0. The molecule has 0 fully saturated rings. The zero-order valence-electron chi connectivity index (χ0n) is 12.5. The molecule has 0 saturated carbocycles. The van der Waals surface area contributed by atoms with E-state index in [0.717, 1.165) is 5.56 Å². The third-order valence-corrected chi connectivity index (χ3v) is 3.09. The van der Waals surface area contributed by atoms with Gasteiger partial charge >= 0.3 is 0 Å². The first kappa shape index (κ1) is 15.6. The molecule has 2 rings (SSSR count). The van der Waals surface area contributed by atoms with E-state index < -0.39 is 0 Å². The maximum absolute atomic E-state index is 12.0. The van der Waals surface area contributed by atoms with Crippen LogP contribution in [0.15, 0.2) is 47.6 Å². The molecule has 0 atom stereocenters. The molecule has 2 aromatic carbocycles. The minimum atomic E-state index is -0.296. The summed E-state index contributed by atoms with van der Waals surface area (Å²) in [6.07, 6.45) is 1.38.